The van der Waals surface area contributed by atoms with Crippen LogP contribution in [0.15, 0.2) is 11.6 Å². The summed E-state index contributed by atoms with van der Waals surface area (Å²) in [6.07, 6.45) is 13.2. The molecule has 0 aromatic rings. The van der Waals surface area contributed by atoms with Gasteiger partial charge in [-0.25, -0.2) is 0 Å². The average molecular weight is 237 g/mol. The second kappa shape index (κ2) is 8.74. The Hall–Kier alpha value is -0.300. The predicted octanol–water partition coefficient (Wildman–Crippen LogP) is 4.68. The normalized spacial score (nSPS) is 17.5. The van der Waals surface area contributed by atoms with Crippen LogP contribution < -0.4 is 5.32 Å². The van der Waals surface area contributed by atoms with Gasteiger partial charge >= 0.3 is 0 Å². The molecule has 0 radical (unpaired) electrons. The van der Waals surface area contributed by atoms with Gasteiger partial charge in [0.2, 0.25) is 0 Å². The number of hydrogen-bond acceptors (Lipinski definition) is 1. The molecular formula is C16H31N. The van der Waals surface area contributed by atoms with Crippen molar-refractivity contribution in [3.63, 3.8) is 0 Å². The van der Waals surface area contributed by atoms with Crippen molar-refractivity contribution in [1.82, 2.24) is 5.32 Å². The lowest BCUT2D eigenvalue weighted by Crippen LogP contribution is -2.38. The summed E-state index contributed by atoms with van der Waals surface area (Å²) in [6, 6.07) is 0.678. The number of allylic oxidation sites excluding steroid dienone is 1. The van der Waals surface area contributed by atoms with Crippen molar-refractivity contribution in [2.45, 2.75) is 78.2 Å². The Kier molecular flexibility index (Phi) is 7.59. The lowest BCUT2D eigenvalue weighted by Gasteiger charge is -2.29. The van der Waals surface area contributed by atoms with Gasteiger partial charge in [0, 0.05) is 6.04 Å². The third-order valence-corrected chi connectivity index (χ3v) is 3.88. The summed E-state index contributed by atoms with van der Waals surface area (Å²) in [5.41, 5.74) is 1.71. The molecule has 0 aromatic carbocycles. The van der Waals surface area contributed by atoms with E-state index in [-0.39, 0.29) is 0 Å². The number of hydrogen-bond donors (Lipinski definition) is 1. The molecule has 1 heteroatoms. The predicted molar refractivity (Wildman–Crippen MR) is 77.3 cm³/mol. The van der Waals surface area contributed by atoms with Crippen molar-refractivity contribution < 1.29 is 0 Å². The molecule has 1 nitrogen and oxygen atoms in total. The maximum Gasteiger partial charge on any atom is 0.0307 e. The first-order valence-corrected chi connectivity index (χ1v) is 7.75. The average Bonchev–Trinajstić information content (AvgIpc) is 2.84. The van der Waals surface area contributed by atoms with Crippen molar-refractivity contribution >= 4 is 0 Å². The molecule has 0 heterocycles. The molecule has 1 atom stereocenters. The molecule has 0 amide bonds. The van der Waals surface area contributed by atoms with Crippen LogP contribution in [0.1, 0.15) is 72.1 Å². The highest BCUT2D eigenvalue weighted by atomic mass is 14.9. The molecule has 1 unspecified atom stereocenters. The van der Waals surface area contributed by atoms with Gasteiger partial charge in [-0.15, -0.1) is 0 Å². The summed E-state index contributed by atoms with van der Waals surface area (Å²) in [4.78, 5) is 0. The summed E-state index contributed by atoms with van der Waals surface area (Å²) in [5, 5.41) is 3.81. The highest BCUT2D eigenvalue weighted by molar-refractivity contribution is 5.16. The van der Waals surface area contributed by atoms with Gasteiger partial charge in [0.15, 0.2) is 0 Å². The smallest absolute Gasteiger partial charge is 0.0307 e. The van der Waals surface area contributed by atoms with E-state index in [2.05, 4.69) is 32.2 Å². The Balaban J connectivity index is 2.63. The second-order valence-electron chi connectivity index (χ2n) is 5.44. The first-order valence-electron chi connectivity index (χ1n) is 7.75. The van der Waals surface area contributed by atoms with Gasteiger partial charge in [0.25, 0.3) is 0 Å². The monoisotopic (exact) mass is 237 g/mol. The van der Waals surface area contributed by atoms with E-state index < -0.39 is 0 Å². The molecule has 0 spiro atoms. The van der Waals surface area contributed by atoms with E-state index in [9.17, 15) is 0 Å². The molecule has 0 saturated carbocycles. The fraction of sp³-hybridized carbons (Fsp3) is 0.875. The minimum absolute atomic E-state index is 0.678. The van der Waals surface area contributed by atoms with Crippen LogP contribution in [0.2, 0.25) is 0 Å². The molecule has 0 saturated heterocycles. The van der Waals surface area contributed by atoms with E-state index in [1.807, 2.05) is 0 Å². The van der Waals surface area contributed by atoms with Gasteiger partial charge < -0.3 is 5.32 Å². The largest absolute Gasteiger partial charge is 0.310 e. The van der Waals surface area contributed by atoms with Gasteiger partial charge in [0.1, 0.15) is 0 Å². The maximum absolute atomic E-state index is 3.81. The Bertz CT molecular complexity index is 214. The van der Waals surface area contributed by atoms with Crippen molar-refractivity contribution in [2.24, 2.45) is 5.92 Å². The van der Waals surface area contributed by atoms with Gasteiger partial charge in [-0.05, 0) is 51.0 Å². The molecule has 17 heavy (non-hydrogen) atoms. The van der Waals surface area contributed by atoms with Gasteiger partial charge in [0.05, 0.1) is 0 Å². The van der Waals surface area contributed by atoms with Crippen LogP contribution in [0.5, 0.6) is 0 Å². The Labute approximate surface area is 108 Å². The lowest BCUT2D eigenvalue weighted by atomic mass is 9.85. The Morgan fingerprint density at radius 2 is 1.82 bits per heavy atom. The fourth-order valence-electron chi connectivity index (χ4n) is 3.10. The van der Waals surface area contributed by atoms with Crippen LogP contribution in [0.3, 0.4) is 0 Å². The maximum atomic E-state index is 3.81. The minimum Gasteiger partial charge on any atom is -0.310 e. The van der Waals surface area contributed by atoms with Crippen molar-refractivity contribution in [1.29, 1.82) is 0 Å². The van der Waals surface area contributed by atoms with Crippen LogP contribution in [-0.4, -0.2) is 12.6 Å². The van der Waals surface area contributed by atoms with E-state index in [0.717, 1.165) is 5.92 Å². The first-order chi connectivity index (χ1) is 8.33. The van der Waals surface area contributed by atoms with E-state index in [0.29, 0.717) is 6.04 Å². The second-order valence-corrected chi connectivity index (χ2v) is 5.44. The molecule has 100 valence electrons. The number of nitrogens with one attached hydrogen (secondary N) is 1. The van der Waals surface area contributed by atoms with Gasteiger partial charge in [-0.2, -0.15) is 0 Å². The molecular weight excluding hydrogens is 206 g/mol. The molecule has 1 N–H and O–H groups in total. The molecule has 0 fully saturated rings. The summed E-state index contributed by atoms with van der Waals surface area (Å²) in [5.74, 6) is 0.862. The quantitative estimate of drug-likeness (QED) is 0.574. The van der Waals surface area contributed by atoms with Crippen LogP contribution in [0.25, 0.3) is 0 Å². The van der Waals surface area contributed by atoms with E-state index in [4.69, 9.17) is 0 Å². The Morgan fingerprint density at radius 1 is 1.12 bits per heavy atom. The number of rotatable bonds is 9. The molecule has 1 rings (SSSR count). The van der Waals surface area contributed by atoms with Crippen LogP contribution >= 0.6 is 0 Å². The summed E-state index contributed by atoms with van der Waals surface area (Å²) < 4.78 is 0. The third kappa shape index (κ3) is 4.83. The van der Waals surface area contributed by atoms with Crippen LogP contribution in [0, 0.1) is 5.92 Å². The summed E-state index contributed by atoms with van der Waals surface area (Å²) >= 11 is 0. The van der Waals surface area contributed by atoms with Crippen LogP contribution in [-0.2, 0) is 0 Å². The third-order valence-electron chi connectivity index (χ3n) is 3.88. The zero-order valence-corrected chi connectivity index (χ0v) is 12.1. The molecule has 1 aliphatic rings. The van der Waals surface area contributed by atoms with Crippen molar-refractivity contribution in [3.05, 3.63) is 11.6 Å². The lowest BCUT2D eigenvalue weighted by molar-refractivity contribution is 0.338. The highest BCUT2D eigenvalue weighted by Crippen LogP contribution is 2.29. The van der Waals surface area contributed by atoms with Gasteiger partial charge in [-0.1, -0.05) is 45.3 Å². The van der Waals surface area contributed by atoms with E-state index in [1.165, 1.54) is 57.9 Å². The fourth-order valence-corrected chi connectivity index (χ4v) is 3.10. The minimum atomic E-state index is 0.678. The SMILES string of the molecule is CCCNC(C1=CCCC1)C(CCC)CCC. The van der Waals surface area contributed by atoms with E-state index >= 15 is 0 Å². The first kappa shape index (κ1) is 14.8. The van der Waals surface area contributed by atoms with Crippen LogP contribution in [0.4, 0.5) is 0 Å². The zero-order valence-electron chi connectivity index (χ0n) is 12.1. The van der Waals surface area contributed by atoms with E-state index in [1.54, 1.807) is 5.57 Å². The van der Waals surface area contributed by atoms with Crippen molar-refractivity contribution in [3.8, 4) is 0 Å². The van der Waals surface area contributed by atoms with Crippen molar-refractivity contribution in [2.75, 3.05) is 6.54 Å². The topological polar surface area (TPSA) is 12.0 Å². The zero-order chi connectivity index (χ0) is 12.5. The summed E-state index contributed by atoms with van der Waals surface area (Å²) in [6.45, 7) is 8.08. The molecule has 0 bridgehead atoms. The highest BCUT2D eigenvalue weighted by Gasteiger charge is 2.24. The van der Waals surface area contributed by atoms with Gasteiger partial charge in [-0.3, -0.25) is 0 Å². The molecule has 0 aromatic heterocycles. The Morgan fingerprint density at radius 3 is 2.29 bits per heavy atom. The standard InChI is InChI=1S/C16H31N/c1-4-9-14(10-5-2)16(17-13-6-3)15-11-7-8-12-15/h11,14,16-17H,4-10,12-13H2,1-3H3. The molecule has 1 aliphatic carbocycles. The molecule has 0 aliphatic heterocycles. The summed E-state index contributed by atoms with van der Waals surface area (Å²) in [7, 11) is 0.